The fourth-order valence-electron chi connectivity index (χ4n) is 10.2. The highest BCUT2D eigenvalue weighted by Crippen LogP contribution is 2.42. The number of aliphatic carboxylic acids is 1. The topological polar surface area (TPSA) is 231 Å². The van der Waals surface area contributed by atoms with Crippen LogP contribution >= 0.6 is 0 Å². The summed E-state index contributed by atoms with van der Waals surface area (Å²) in [6, 6.07) is 27.7. The van der Waals surface area contributed by atoms with Crippen LogP contribution in [0.4, 0.5) is 0 Å². The van der Waals surface area contributed by atoms with Crippen LogP contribution in [-0.2, 0) is 61.6 Å². The number of ether oxygens (including phenoxy) is 3. The third-order valence-electron chi connectivity index (χ3n) is 13.8. The van der Waals surface area contributed by atoms with E-state index in [2.05, 4.69) is 20.2 Å². The summed E-state index contributed by atoms with van der Waals surface area (Å²) in [4.78, 5) is 33.9. The molecule has 8 aromatic heterocycles. The first-order chi connectivity index (χ1) is 38.1. The predicted molar refractivity (Wildman–Crippen MR) is 304 cm³/mol. The number of methoxy groups -OCH3 is 2. The Morgan fingerprint density at radius 2 is 0.975 bits per heavy atom. The summed E-state index contributed by atoms with van der Waals surface area (Å²) < 4.78 is 82.9. The van der Waals surface area contributed by atoms with E-state index in [1.807, 2.05) is 59.9 Å². The van der Waals surface area contributed by atoms with Crippen molar-refractivity contribution < 1.29 is 45.7 Å². The lowest BCUT2D eigenvalue weighted by Gasteiger charge is -2.19. The van der Waals surface area contributed by atoms with E-state index in [1.165, 1.54) is 15.1 Å². The second kappa shape index (κ2) is 19.6. The summed E-state index contributed by atoms with van der Waals surface area (Å²) in [5.41, 5.74) is 6.47. The van der Waals surface area contributed by atoms with Crippen molar-refractivity contribution in [3.63, 3.8) is 0 Å². The maximum Gasteiger partial charge on any atom is 0.326 e. The highest BCUT2D eigenvalue weighted by Gasteiger charge is 2.31. The van der Waals surface area contributed by atoms with Crippen LogP contribution in [0.15, 0.2) is 144 Å². The van der Waals surface area contributed by atoms with Crippen LogP contribution in [0.2, 0.25) is 0 Å². The highest BCUT2D eigenvalue weighted by molar-refractivity contribution is 7.90. The molecule has 0 aliphatic carbocycles. The van der Waals surface area contributed by atoms with Gasteiger partial charge in [-0.15, -0.1) is 0 Å². The number of aromatic nitrogens is 10. The van der Waals surface area contributed by atoms with Crippen LogP contribution in [0.5, 0.6) is 11.5 Å². The zero-order valence-electron chi connectivity index (χ0n) is 45.0. The molecule has 22 heteroatoms. The number of hydrogen-bond donors (Lipinski definition) is 1. The van der Waals surface area contributed by atoms with Crippen LogP contribution in [0.1, 0.15) is 31.9 Å². The number of fused-ring (bicyclic) bond motifs is 8. The predicted octanol–water partition coefficient (Wildman–Crippen LogP) is 9.62. The molecule has 8 heterocycles. The van der Waals surface area contributed by atoms with E-state index in [0.29, 0.717) is 61.1 Å². The number of nitrogens with zero attached hydrogens (tertiary/aromatic N) is 10. The summed E-state index contributed by atoms with van der Waals surface area (Å²) in [6.07, 6.45) is 10.1. The lowest BCUT2D eigenvalue weighted by Crippen LogP contribution is -2.26. The average molecular weight is 1120 g/mol. The molecule has 0 fully saturated rings. The van der Waals surface area contributed by atoms with E-state index in [9.17, 15) is 31.5 Å². The number of esters is 1. The second-order valence-corrected chi connectivity index (χ2v) is 24.0. The molecule has 1 N–H and O–H groups in total. The second-order valence-electron chi connectivity index (χ2n) is 20.4. The average Bonchev–Trinajstić information content (AvgIpc) is 4.40. The molecule has 0 bridgehead atoms. The molecule has 80 heavy (non-hydrogen) atoms. The third kappa shape index (κ3) is 9.14. The van der Waals surface area contributed by atoms with Gasteiger partial charge in [0.2, 0.25) is 0 Å². The number of aryl methyl sites for hydroxylation is 4. The molecule has 0 atom stereocenters. The van der Waals surface area contributed by atoms with Gasteiger partial charge in [0.1, 0.15) is 30.2 Å². The highest BCUT2D eigenvalue weighted by atomic mass is 32.2. The molecule has 20 nitrogen and oxygen atoms in total. The molecule has 408 valence electrons. The number of carboxylic acid groups (broad SMARTS) is 1. The van der Waals surface area contributed by atoms with E-state index in [-0.39, 0.29) is 34.2 Å². The van der Waals surface area contributed by atoms with Crippen LogP contribution in [-0.4, -0.2) is 100 Å². The van der Waals surface area contributed by atoms with Gasteiger partial charge in [-0.2, -0.15) is 10.2 Å². The van der Waals surface area contributed by atoms with Gasteiger partial charge in [-0.3, -0.25) is 19.0 Å². The van der Waals surface area contributed by atoms with Gasteiger partial charge in [-0.25, -0.2) is 34.7 Å². The smallest absolute Gasteiger partial charge is 0.326 e. The number of rotatable bonds is 12. The van der Waals surface area contributed by atoms with Crippen LogP contribution in [0.25, 0.3) is 88.2 Å². The van der Waals surface area contributed by atoms with Gasteiger partial charge in [0.15, 0.2) is 11.3 Å². The molecule has 0 radical (unpaired) electrons. The molecule has 0 saturated heterocycles. The standard InChI is InChI=1S/C31H31N5O5S.C27H23N5O5S/c1-19-7-10-22(11-8-19)42(38,39)36-27(14-24-29-20(15-32-30(24)36)16-33-34(29)5)25-17-35(18-28(37)41-31(2,3)4)26-12-9-21(40-6)13-23(25)26;1-16-4-7-19(8-5-16)38(35,36)32-24(11-21-26-17(12-28-27(21)32)13-29-30(26)2)22-14-31(15-25(33)34)23-9-6-18(37-3)10-20(22)23/h7-17H,18H2,1-6H3;4-14H,15H2,1-3H3,(H,33,34). The lowest BCUT2D eigenvalue weighted by atomic mass is 10.1. The summed E-state index contributed by atoms with van der Waals surface area (Å²) >= 11 is 0. The molecule has 0 unspecified atom stereocenters. The number of carbonyl (C=O) groups excluding carboxylic acids is 1. The fraction of sp³-hybridized carbons (Fsp3) is 0.207. The summed E-state index contributed by atoms with van der Waals surface area (Å²) in [5, 5.41) is 22.4. The summed E-state index contributed by atoms with van der Waals surface area (Å²) in [7, 11) is -1.52. The lowest BCUT2D eigenvalue weighted by molar-refractivity contribution is -0.155. The number of carbonyl (C=O) groups is 2. The number of benzene rings is 4. The van der Waals surface area contributed by atoms with Crippen molar-refractivity contribution in [1.29, 1.82) is 0 Å². The van der Waals surface area contributed by atoms with Gasteiger partial charge < -0.3 is 28.5 Å². The van der Waals surface area contributed by atoms with E-state index in [0.717, 1.165) is 38.4 Å². The van der Waals surface area contributed by atoms with Crippen molar-refractivity contribution in [1.82, 2.24) is 46.6 Å². The molecular formula is C58H54N10O10S2. The molecule has 0 amide bonds. The first-order valence-electron chi connectivity index (χ1n) is 25.1. The zero-order valence-corrected chi connectivity index (χ0v) is 46.7. The fourth-order valence-corrected chi connectivity index (χ4v) is 13.2. The van der Waals surface area contributed by atoms with Crippen molar-refractivity contribution in [2.45, 2.75) is 63.1 Å². The largest absolute Gasteiger partial charge is 0.497 e. The Hall–Kier alpha value is -9.28. The third-order valence-corrected chi connectivity index (χ3v) is 17.3. The number of pyridine rings is 2. The maximum absolute atomic E-state index is 14.4. The first kappa shape index (κ1) is 52.8. The minimum Gasteiger partial charge on any atom is -0.497 e. The van der Waals surface area contributed by atoms with Crippen molar-refractivity contribution in [2.24, 2.45) is 14.1 Å². The van der Waals surface area contributed by atoms with Crippen molar-refractivity contribution in [3.05, 3.63) is 145 Å². The Balaban J connectivity index is 0.000000170. The number of carboxylic acids is 1. The van der Waals surface area contributed by atoms with Gasteiger partial charge in [0.25, 0.3) is 20.0 Å². The minimum absolute atomic E-state index is 0.0603. The van der Waals surface area contributed by atoms with Gasteiger partial charge >= 0.3 is 11.9 Å². The van der Waals surface area contributed by atoms with Gasteiger partial charge in [0.05, 0.1) is 58.8 Å². The Kier molecular flexibility index (Phi) is 12.9. The summed E-state index contributed by atoms with van der Waals surface area (Å²) in [6.45, 7) is 8.88. The van der Waals surface area contributed by atoms with Crippen molar-refractivity contribution in [3.8, 4) is 34.0 Å². The molecule has 0 saturated carbocycles. The quantitative estimate of drug-likeness (QED) is 0.112. The monoisotopic (exact) mass is 1110 g/mol. The molecular weight excluding hydrogens is 1060 g/mol. The van der Waals surface area contributed by atoms with Crippen LogP contribution in [0.3, 0.4) is 0 Å². The Morgan fingerprint density at radius 3 is 1.36 bits per heavy atom. The van der Waals surface area contributed by atoms with Crippen LogP contribution < -0.4 is 9.47 Å². The molecule has 0 aliphatic heterocycles. The van der Waals surface area contributed by atoms with Gasteiger partial charge in [-0.05, 0) is 107 Å². The maximum atomic E-state index is 14.4. The normalized spacial score (nSPS) is 12.3. The molecule has 4 aromatic carbocycles. The van der Waals surface area contributed by atoms with Crippen molar-refractivity contribution >= 4 is 97.7 Å². The minimum atomic E-state index is -4.11. The Bertz CT molecular complexity index is 4710. The molecule has 0 spiro atoms. The van der Waals surface area contributed by atoms with E-state index in [1.54, 1.807) is 149 Å². The Labute approximate surface area is 458 Å². The van der Waals surface area contributed by atoms with Crippen LogP contribution in [0, 0.1) is 13.8 Å². The SMILES string of the molecule is COc1ccc2c(c1)c(-c1cc3c4c(cnc3n1S(=O)(=O)c1ccc(C)cc1)cnn4C)cn2CC(=O)O.COc1ccc2c(c1)c(-c1cc3c4c(cnc3n1S(=O)(=O)c1ccc(C)cc1)cnn4C)cn2CC(=O)OC(C)(C)C. The van der Waals surface area contributed by atoms with Gasteiger partial charge in [0, 0.05) is 93.4 Å². The van der Waals surface area contributed by atoms with E-state index >= 15 is 0 Å². The van der Waals surface area contributed by atoms with Crippen molar-refractivity contribution in [2.75, 3.05) is 14.2 Å². The molecule has 12 rings (SSSR count). The van der Waals surface area contributed by atoms with E-state index < -0.39 is 37.6 Å². The number of hydrogen-bond acceptors (Lipinski definition) is 13. The van der Waals surface area contributed by atoms with E-state index in [4.69, 9.17) is 14.2 Å². The van der Waals surface area contributed by atoms with Gasteiger partial charge in [-0.1, -0.05) is 35.4 Å². The summed E-state index contributed by atoms with van der Waals surface area (Å²) in [5.74, 6) is -0.277. The zero-order chi connectivity index (χ0) is 56.7. The molecule has 12 aromatic rings. The molecule has 0 aliphatic rings. The first-order valence-corrected chi connectivity index (χ1v) is 28.0. The Morgan fingerprint density at radius 1 is 0.562 bits per heavy atom.